The molecule has 0 aromatic heterocycles. The molecule has 0 bridgehead atoms. The monoisotopic (exact) mass is 212 g/mol. The number of hydrogen-bond acceptors (Lipinski definition) is 6. The summed E-state index contributed by atoms with van der Waals surface area (Å²) in [6, 6.07) is 0. The fourth-order valence-corrected chi connectivity index (χ4v) is 0. The van der Waals surface area contributed by atoms with E-state index in [0.29, 0.717) is 6.54 Å². The molecule has 0 atom stereocenters. The van der Waals surface area contributed by atoms with Gasteiger partial charge in [0.1, 0.15) is 0 Å². The van der Waals surface area contributed by atoms with E-state index >= 15 is 0 Å². The zero-order valence-corrected chi connectivity index (χ0v) is 6.87. The van der Waals surface area contributed by atoms with Gasteiger partial charge in [-0.05, 0) is 0 Å². The summed E-state index contributed by atoms with van der Waals surface area (Å²) >= 11 is 0. The minimum Gasteiger partial charge on any atom is -0.822 e. The van der Waals surface area contributed by atoms with Gasteiger partial charge in [0.25, 0.3) is 0 Å². The molecule has 0 heterocycles. The van der Waals surface area contributed by atoms with Crippen LogP contribution in [0.2, 0.25) is 0 Å². The molecule has 1 radical (unpaired) electrons. The van der Waals surface area contributed by atoms with E-state index in [1.54, 1.807) is 0 Å². The standard InChI is InChI=1S/C2H7NO.Fe.H3O4P/c3-1-2-4;;1-5(2,3)4/h4H,1-3H2;;(H3,1,2,3,4)/q;+3;/p-3. The summed E-state index contributed by atoms with van der Waals surface area (Å²) in [5, 5.41) is 7.75. The minimum absolute atomic E-state index is 0. The Labute approximate surface area is 68.8 Å². The first kappa shape index (κ1) is 16.9. The van der Waals surface area contributed by atoms with Gasteiger partial charge in [0.15, 0.2) is 0 Å². The Bertz CT molecular complexity index is 83.4. The van der Waals surface area contributed by atoms with Crippen molar-refractivity contribution in [1.82, 2.24) is 0 Å². The van der Waals surface area contributed by atoms with Crippen LogP contribution in [0.1, 0.15) is 0 Å². The van der Waals surface area contributed by atoms with Crippen molar-refractivity contribution in [2.24, 2.45) is 5.73 Å². The Hall–Kier alpha value is 0.549. The van der Waals surface area contributed by atoms with E-state index in [1.165, 1.54) is 0 Å². The van der Waals surface area contributed by atoms with E-state index in [9.17, 15) is 0 Å². The van der Waals surface area contributed by atoms with Crippen molar-refractivity contribution in [2.75, 3.05) is 13.2 Å². The van der Waals surface area contributed by atoms with Crippen LogP contribution in [-0.4, -0.2) is 18.3 Å². The van der Waals surface area contributed by atoms with Crippen molar-refractivity contribution in [3.05, 3.63) is 0 Å². The normalized spacial score (nSPS) is 8.90. The summed E-state index contributed by atoms with van der Waals surface area (Å²) in [4.78, 5) is 25.6. The second kappa shape index (κ2) is 9.55. The molecule has 0 unspecified atom stereocenters. The average molecular weight is 212 g/mol. The van der Waals surface area contributed by atoms with Gasteiger partial charge in [0.05, 0.1) is 6.61 Å². The molecule has 0 aliphatic carbocycles. The first-order valence-corrected chi connectivity index (χ1v) is 3.42. The van der Waals surface area contributed by atoms with Gasteiger partial charge in [0.2, 0.25) is 0 Å². The van der Waals surface area contributed by atoms with Crippen molar-refractivity contribution in [3.8, 4) is 0 Å². The number of phosphoric acid groups is 1. The van der Waals surface area contributed by atoms with Crippen molar-refractivity contribution >= 4 is 7.82 Å². The number of aliphatic hydroxyl groups excluding tert-OH is 1. The smallest absolute Gasteiger partial charge is 0.822 e. The molecular formula is C2H7FeNO5P. The number of hydrogen-bond donors (Lipinski definition) is 2. The molecule has 0 rings (SSSR count). The van der Waals surface area contributed by atoms with Crippen molar-refractivity contribution < 1.29 is 41.4 Å². The molecule has 0 saturated carbocycles. The summed E-state index contributed by atoms with van der Waals surface area (Å²) in [6.45, 7) is 0.472. The van der Waals surface area contributed by atoms with E-state index in [2.05, 4.69) is 0 Å². The zero-order valence-electron chi connectivity index (χ0n) is 4.87. The van der Waals surface area contributed by atoms with E-state index in [-0.39, 0.29) is 23.7 Å². The van der Waals surface area contributed by atoms with Crippen LogP contribution in [0.3, 0.4) is 0 Å². The summed E-state index contributed by atoms with van der Waals surface area (Å²) in [7, 11) is -5.39. The molecule has 8 heteroatoms. The largest absolute Gasteiger partial charge is 3.00 e. The molecule has 0 saturated heterocycles. The molecule has 6 nitrogen and oxygen atoms in total. The van der Waals surface area contributed by atoms with Gasteiger partial charge in [-0.2, -0.15) is 7.82 Å². The molecule has 0 aromatic carbocycles. The summed E-state index contributed by atoms with van der Waals surface area (Å²) < 4.78 is 8.55. The van der Waals surface area contributed by atoms with Gasteiger partial charge in [-0.1, -0.05) is 0 Å². The van der Waals surface area contributed by atoms with E-state index in [4.69, 9.17) is 30.1 Å². The second-order valence-electron chi connectivity index (χ2n) is 0.959. The first-order chi connectivity index (χ1) is 3.91. The van der Waals surface area contributed by atoms with Crippen molar-refractivity contribution in [2.45, 2.75) is 0 Å². The Balaban J connectivity index is -0.0000000910. The van der Waals surface area contributed by atoms with Gasteiger partial charge in [-0.25, -0.2) is 0 Å². The molecule has 3 N–H and O–H groups in total. The van der Waals surface area contributed by atoms with Gasteiger partial charge in [0, 0.05) is 6.54 Å². The molecule has 0 aliphatic heterocycles. The van der Waals surface area contributed by atoms with Crippen LogP contribution in [0.4, 0.5) is 0 Å². The first-order valence-electron chi connectivity index (χ1n) is 1.95. The van der Waals surface area contributed by atoms with Crippen LogP contribution < -0.4 is 20.4 Å². The maximum atomic E-state index is 8.55. The third-order valence-electron chi connectivity index (χ3n) is 0.129. The number of nitrogens with two attached hydrogens (primary N) is 1. The molecule has 63 valence electrons. The van der Waals surface area contributed by atoms with E-state index in [0.717, 1.165) is 0 Å². The van der Waals surface area contributed by atoms with Crippen LogP contribution in [0.25, 0.3) is 0 Å². The Morgan fingerprint density at radius 3 is 1.50 bits per heavy atom. The maximum Gasteiger partial charge on any atom is 3.00 e. The minimum atomic E-state index is -5.39. The SMILES string of the molecule is NCCO.O=P([O-])([O-])[O-].[Fe+3]. The van der Waals surface area contributed by atoms with Crippen LogP contribution in [0.15, 0.2) is 0 Å². The fourth-order valence-electron chi connectivity index (χ4n) is 0. The van der Waals surface area contributed by atoms with Gasteiger partial charge < -0.3 is 30.1 Å². The van der Waals surface area contributed by atoms with Crippen molar-refractivity contribution in [3.63, 3.8) is 0 Å². The zero-order chi connectivity index (χ0) is 7.91. The quantitative estimate of drug-likeness (QED) is 0.337. The summed E-state index contributed by atoms with van der Waals surface area (Å²) in [5.74, 6) is 0. The Kier molecular flexibility index (Phi) is 16.1. The van der Waals surface area contributed by atoms with Crippen LogP contribution in [-0.2, 0) is 21.6 Å². The van der Waals surface area contributed by atoms with Gasteiger partial charge in [-0.15, -0.1) is 0 Å². The molecule has 0 spiro atoms. The van der Waals surface area contributed by atoms with E-state index < -0.39 is 7.82 Å². The van der Waals surface area contributed by atoms with Crippen LogP contribution in [0.5, 0.6) is 0 Å². The predicted octanol–water partition coefficient (Wildman–Crippen LogP) is -3.89. The second-order valence-corrected chi connectivity index (χ2v) is 1.85. The molecule has 0 amide bonds. The predicted molar refractivity (Wildman–Crippen MR) is 23.7 cm³/mol. The number of aliphatic hydroxyl groups is 1. The molecule has 0 fully saturated rings. The summed E-state index contributed by atoms with van der Waals surface area (Å²) in [5.41, 5.74) is 4.78. The number of rotatable bonds is 1. The van der Waals surface area contributed by atoms with Crippen molar-refractivity contribution in [1.29, 1.82) is 0 Å². The average Bonchev–Trinajstić information content (AvgIpc) is 1.61. The third kappa shape index (κ3) is 203. The Morgan fingerprint density at radius 1 is 1.40 bits per heavy atom. The molecular weight excluding hydrogens is 205 g/mol. The third-order valence-corrected chi connectivity index (χ3v) is 0.129. The van der Waals surface area contributed by atoms with Gasteiger partial charge >= 0.3 is 17.1 Å². The maximum absolute atomic E-state index is 8.55. The van der Waals surface area contributed by atoms with Gasteiger partial charge in [-0.3, -0.25) is 0 Å². The topological polar surface area (TPSA) is 132 Å². The van der Waals surface area contributed by atoms with E-state index in [1.807, 2.05) is 0 Å². The molecule has 0 aromatic rings. The Morgan fingerprint density at radius 2 is 1.50 bits per heavy atom. The van der Waals surface area contributed by atoms with Crippen LogP contribution in [0, 0.1) is 0 Å². The molecule has 10 heavy (non-hydrogen) atoms. The fraction of sp³-hybridized carbons (Fsp3) is 1.00. The molecule has 0 aliphatic rings. The summed E-state index contributed by atoms with van der Waals surface area (Å²) in [6.07, 6.45) is 0. The van der Waals surface area contributed by atoms with Crippen LogP contribution >= 0.6 is 7.82 Å².